The number of piperazine rings is 1. The molecule has 0 aliphatic carbocycles. The molecule has 8 heteroatoms. The fourth-order valence-electron chi connectivity index (χ4n) is 3.16. The Morgan fingerprint density at radius 1 is 1.30 bits per heavy atom. The molecule has 1 aromatic carbocycles. The van der Waals surface area contributed by atoms with E-state index in [1.807, 2.05) is 24.3 Å². The largest absolute Gasteiger partial charge is 0.349 e. The van der Waals surface area contributed by atoms with Crippen molar-refractivity contribution in [2.45, 2.75) is 26.2 Å². The number of hydrogen-bond acceptors (Lipinski definition) is 5. The van der Waals surface area contributed by atoms with Gasteiger partial charge in [-0.05, 0) is 31.5 Å². The summed E-state index contributed by atoms with van der Waals surface area (Å²) in [6.45, 7) is 7.89. The Morgan fingerprint density at radius 2 is 2.07 bits per heavy atom. The third-order valence-electron chi connectivity index (χ3n) is 4.58. The first-order valence-corrected chi connectivity index (χ1v) is 9.99. The second-order valence-corrected chi connectivity index (χ2v) is 7.07. The normalized spacial score (nSPS) is 15.0. The van der Waals surface area contributed by atoms with E-state index in [1.54, 1.807) is 4.68 Å². The van der Waals surface area contributed by atoms with Crippen molar-refractivity contribution in [2.24, 2.45) is 0 Å². The van der Waals surface area contributed by atoms with E-state index < -0.39 is 0 Å². The summed E-state index contributed by atoms with van der Waals surface area (Å²) in [7, 11) is 0. The van der Waals surface area contributed by atoms with Crippen LogP contribution in [-0.4, -0.2) is 64.8 Å². The van der Waals surface area contributed by atoms with Gasteiger partial charge in [-0.1, -0.05) is 30.7 Å². The predicted octanol–water partition coefficient (Wildman–Crippen LogP) is 1.90. The number of halogens is 1. The van der Waals surface area contributed by atoms with Gasteiger partial charge >= 0.3 is 0 Å². The average Bonchev–Trinajstić information content (AvgIpc) is 3.10. The number of nitrogens with zero attached hydrogens (tertiary/aromatic N) is 4. The molecule has 146 valence electrons. The van der Waals surface area contributed by atoms with E-state index in [1.165, 1.54) is 0 Å². The molecule has 1 aliphatic rings. The molecule has 0 unspecified atom stereocenters. The first kappa shape index (κ1) is 19.8. The van der Waals surface area contributed by atoms with Gasteiger partial charge in [0.25, 0.3) is 5.91 Å². The van der Waals surface area contributed by atoms with Crippen molar-refractivity contribution >= 4 is 17.5 Å². The van der Waals surface area contributed by atoms with Crippen LogP contribution in [0.3, 0.4) is 0 Å². The van der Waals surface area contributed by atoms with Gasteiger partial charge in [0.1, 0.15) is 5.82 Å². The van der Waals surface area contributed by atoms with Crippen LogP contribution in [0.5, 0.6) is 0 Å². The SMILES string of the molecule is CCCc1nc(C(=O)NCCCN2CCNCC2)nn1-c1ccccc1Cl. The Kier molecular flexibility index (Phi) is 7.20. The number of rotatable bonds is 8. The summed E-state index contributed by atoms with van der Waals surface area (Å²) in [6, 6.07) is 7.46. The third kappa shape index (κ3) is 5.28. The Labute approximate surface area is 165 Å². The van der Waals surface area contributed by atoms with E-state index in [4.69, 9.17) is 11.6 Å². The molecule has 0 bridgehead atoms. The number of carbonyl (C=O) groups is 1. The molecule has 1 aliphatic heterocycles. The van der Waals surface area contributed by atoms with E-state index in [-0.39, 0.29) is 11.7 Å². The molecule has 2 aromatic rings. The highest BCUT2D eigenvalue weighted by Crippen LogP contribution is 2.21. The Hall–Kier alpha value is -1.96. The van der Waals surface area contributed by atoms with E-state index in [9.17, 15) is 4.79 Å². The van der Waals surface area contributed by atoms with Gasteiger partial charge in [-0.3, -0.25) is 4.79 Å². The molecule has 0 spiro atoms. The molecule has 1 amide bonds. The zero-order chi connectivity index (χ0) is 19.1. The van der Waals surface area contributed by atoms with Gasteiger partial charge in [-0.15, -0.1) is 5.10 Å². The first-order chi connectivity index (χ1) is 13.2. The highest BCUT2D eigenvalue weighted by molar-refractivity contribution is 6.32. The molecular weight excluding hydrogens is 364 g/mol. The maximum Gasteiger partial charge on any atom is 0.290 e. The smallest absolute Gasteiger partial charge is 0.290 e. The van der Waals surface area contributed by atoms with Gasteiger partial charge in [0, 0.05) is 39.1 Å². The molecule has 2 heterocycles. The van der Waals surface area contributed by atoms with Crippen LogP contribution in [0.1, 0.15) is 36.2 Å². The summed E-state index contributed by atoms with van der Waals surface area (Å²) in [5.41, 5.74) is 0.743. The number of amides is 1. The minimum absolute atomic E-state index is 0.195. The van der Waals surface area contributed by atoms with Crippen LogP contribution in [0, 0.1) is 0 Å². The minimum Gasteiger partial charge on any atom is -0.349 e. The fourth-order valence-corrected chi connectivity index (χ4v) is 3.38. The molecule has 0 saturated carbocycles. The molecule has 2 N–H and O–H groups in total. The van der Waals surface area contributed by atoms with Crippen LogP contribution < -0.4 is 10.6 Å². The van der Waals surface area contributed by atoms with Crippen molar-refractivity contribution < 1.29 is 4.79 Å². The zero-order valence-electron chi connectivity index (χ0n) is 15.7. The molecule has 1 fully saturated rings. The van der Waals surface area contributed by atoms with E-state index in [2.05, 4.69) is 32.5 Å². The molecular formula is C19H27ClN6O. The Balaban J connectivity index is 1.61. The summed E-state index contributed by atoms with van der Waals surface area (Å²) in [5.74, 6) is 0.704. The summed E-state index contributed by atoms with van der Waals surface area (Å²) >= 11 is 6.30. The zero-order valence-corrected chi connectivity index (χ0v) is 16.5. The molecule has 1 aromatic heterocycles. The van der Waals surface area contributed by atoms with Gasteiger partial charge in [0.2, 0.25) is 5.82 Å². The van der Waals surface area contributed by atoms with Crippen LogP contribution in [0.25, 0.3) is 5.69 Å². The van der Waals surface area contributed by atoms with Crippen molar-refractivity contribution in [1.29, 1.82) is 0 Å². The minimum atomic E-state index is -0.238. The fraction of sp³-hybridized carbons (Fsp3) is 0.526. The number of aryl methyl sites for hydroxylation is 1. The number of carbonyl (C=O) groups excluding carboxylic acids is 1. The van der Waals surface area contributed by atoms with Gasteiger partial charge < -0.3 is 15.5 Å². The van der Waals surface area contributed by atoms with Gasteiger partial charge in [-0.25, -0.2) is 9.67 Å². The predicted molar refractivity (Wildman–Crippen MR) is 107 cm³/mol. The lowest BCUT2D eigenvalue weighted by molar-refractivity contribution is 0.0941. The van der Waals surface area contributed by atoms with Crippen LogP contribution in [0.2, 0.25) is 5.02 Å². The van der Waals surface area contributed by atoms with Crippen LogP contribution in [0.15, 0.2) is 24.3 Å². The lowest BCUT2D eigenvalue weighted by atomic mass is 10.3. The van der Waals surface area contributed by atoms with Crippen LogP contribution >= 0.6 is 11.6 Å². The average molecular weight is 391 g/mol. The highest BCUT2D eigenvalue weighted by atomic mass is 35.5. The van der Waals surface area contributed by atoms with Crippen molar-refractivity contribution in [3.63, 3.8) is 0 Å². The van der Waals surface area contributed by atoms with E-state index in [0.717, 1.165) is 63.5 Å². The molecule has 0 radical (unpaired) electrons. The monoisotopic (exact) mass is 390 g/mol. The van der Waals surface area contributed by atoms with Crippen molar-refractivity contribution in [3.8, 4) is 5.69 Å². The lowest BCUT2D eigenvalue weighted by Crippen LogP contribution is -2.44. The molecule has 3 rings (SSSR count). The molecule has 0 atom stereocenters. The quantitative estimate of drug-likeness (QED) is 0.673. The summed E-state index contributed by atoms with van der Waals surface area (Å²) in [6.07, 6.45) is 2.56. The van der Waals surface area contributed by atoms with E-state index >= 15 is 0 Å². The Morgan fingerprint density at radius 3 is 2.81 bits per heavy atom. The van der Waals surface area contributed by atoms with Crippen molar-refractivity contribution in [2.75, 3.05) is 39.3 Å². The lowest BCUT2D eigenvalue weighted by Gasteiger charge is -2.26. The topological polar surface area (TPSA) is 75.1 Å². The summed E-state index contributed by atoms with van der Waals surface area (Å²) in [5, 5.41) is 11.3. The number of nitrogens with one attached hydrogen (secondary N) is 2. The number of aromatic nitrogens is 3. The number of benzene rings is 1. The maximum absolute atomic E-state index is 12.5. The van der Waals surface area contributed by atoms with Crippen molar-refractivity contribution in [1.82, 2.24) is 30.3 Å². The number of para-hydroxylation sites is 1. The maximum atomic E-state index is 12.5. The van der Waals surface area contributed by atoms with Gasteiger partial charge in [-0.2, -0.15) is 0 Å². The second kappa shape index (κ2) is 9.82. The number of hydrogen-bond donors (Lipinski definition) is 2. The van der Waals surface area contributed by atoms with Crippen LogP contribution in [-0.2, 0) is 6.42 Å². The van der Waals surface area contributed by atoms with E-state index in [0.29, 0.717) is 11.6 Å². The van der Waals surface area contributed by atoms with Gasteiger partial charge in [0.15, 0.2) is 0 Å². The molecule has 7 nitrogen and oxygen atoms in total. The third-order valence-corrected chi connectivity index (χ3v) is 4.90. The standard InChI is InChI=1S/C19H27ClN6O/c1-2-6-17-23-18(24-26(17)16-8-4-3-7-15(16)20)19(27)22-9-5-12-25-13-10-21-11-14-25/h3-4,7-8,21H,2,5-6,9-14H2,1H3,(H,22,27). The van der Waals surface area contributed by atoms with Crippen molar-refractivity contribution in [3.05, 3.63) is 40.9 Å². The summed E-state index contributed by atoms with van der Waals surface area (Å²) in [4.78, 5) is 19.3. The first-order valence-electron chi connectivity index (χ1n) is 9.61. The highest BCUT2D eigenvalue weighted by Gasteiger charge is 2.18. The van der Waals surface area contributed by atoms with Crippen LogP contribution in [0.4, 0.5) is 0 Å². The molecule has 1 saturated heterocycles. The summed E-state index contributed by atoms with van der Waals surface area (Å²) < 4.78 is 1.68. The second-order valence-electron chi connectivity index (χ2n) is 6.67. The van der Waals surface area contributed by atoms with Gasteiger partial charge in [0.05, 0.1) is 10.7 Å². The Bertz CT molecular complexity index is 756. The molecule has 27 heavy (non-hydrogen) atoms.